The van der Waals surface area contributed by atoms with E-state index in [1.54, 1.807) is 17.9 Å². The van der Waals surface area contributed by atoms with Crippen LogP contribution in [0.1, 0.15) is 39.1 Å². The monoisotopic (exact) mass is 783 g/mol. The van der Waals surface area contributed by atoms with Gasteiger partial charge >= 0.3 is 17.8 Å². The topological polar surface area (TPSA) is 168 Å². The van der Waals surface area contributed by atoms with Crippen molar-refractivity contribution in [1.82, 2.24) is 19.7 Å². The first-order valence-electron chi connectivity index (χ1n) is 16.9. The second-order valence-electron chi connectivity index (χ2n) is 13.2. The van der Waals surface area contributed by atoms with Crippen LogP contribution in [0.3, 0.4) is 0 Å². The Kier molecular flexibility index (Phi) is 9.40. The molecule has 0 radical (unpaired) electrons. The molecular weight excluding hydrogens is 750 g/mol. The Morgan fingerprint density at radius 3 is 2.60 bits per heavy atom. The van der Waals surface area contributed by atoms with Gasteiger partial charge in [0.1, 0.15) is 29.4 Å². The van der Waals surface area contributed by atoms with E-state index in [9.17, 15) is 29.1 Å². The number of ether oxygens (including phenoxy) is 1. The Morgan fingerprint density at radius 1 is 1.13 bits per heavy atom. The van der Waals surface area contributed by atoms with Gasteiger partial charge in [-0.1, -0.05) is 17.8 Å². The van der Waals surface area contributed by atoms with Crippen LogP contribution in [0.15, 0.2) is 64.4 Å². The van der Waals surface area contributed by atoms with Gasteiger partial charge in [-0.2, -0.15) is 0 Å². The number of nitrogens with zero attached hydrogens (tertiary/aromatic N) is 4. The summed E-state index contributed by atoms with van der Waals surface area (Å²) in [5.41, 5.74) is 0.388. The molecule has 3 atom stereocenters. The number of piperazine rings is 1. The number of halogens is 1. The number of carbonyl (C=O) groups excluding carboxylic acids is 2. The quantitative estimate of drug-likeness (QED) is 0.224. The lowest BCUT2D eigenvalue weighted by atomic mass is 10.0. The third kappa shape index (κ3) is 6.55. The molecule has 2 fully saturated rings. The first kappa shape index (κ1) is 35.5. The molecule has 0 bridgehead atoms. The Bertz CT molecular complexity index is 2290. The molecule has 4 aromatic rings. The molecule has 1 unspecified atom stereocenters. The van der Waals surface area contributed by atoms with Crippen LogP contribution in [0, 0.1) is 12.7 Å². The summed E-state index contributed by atoms with van der Waals surface area (Å²) < 4.78 is 33.3. The Balaban J connectivity index is 0.967. The number of fused-ring (bicyclic) bond motifs is 4. The van der Waals surface area contributed by atoms with Crippen molar-refractivity contribution in [3.63, 3.8) is 0 Å². The van der Waals surface area contributed by atoms with Crippen molar-refractivity contribution in [3.8, 4) is 0 Å². The molecule has 1 amide bonds. The summed E-state index contributed by atoms with van der Waals surface area (Å²) in [6.07, 6.45) is 0.256. The zero-order chi connectivity index (χ0) is 37.1. The lowest BCUT2D eigenvalue weighted by molar-refractivity contribution is -0.135. The fraction of sp³-hybridized carbons (Fsp3) is 0.400. The molecule has 0 aliphatic carbocycles. The maximum absolute atomic E-state index is 15.8. The van der Waals surface area contributed by atoms with Gasteiger partial charge in [-0.05, 0) is 37.4 Å². The highest BCUT2D eigenvalue weighted by Gasteiger charge is 2.47. The van der Waals surface area contributed by atoms with Crippen LogP contribution >= 0.6 is 34.9 Å². The molecule has 2 N–H and O–H groups in total. The van der Waals surface area contributed by atoms with Gasteiger partial charge < -0.3 is 38.4 Å². The fourth-order valence-corrected chi connectivity index (χ4v) is 10.5. The van der Waals surface area contributed by atoms with Gasteiger partial charge in [-0.15, -0.1) is 23.1 Å². The van der Waals surface area contributed by atoms with Crippen molar-refractivity contribution < 1.29 is 37.5 Å². The Labute approximate surface area is 313 Å². The number of anilines is 1. The molecule has 53 heavy (non-hydrogen) atoms. The maximum Gasteiger partial charge on any atom is 0.519 e. The van der Waals surface area contributed by atoms with Crippen molar-refractivity contribution in [1.29, 1.82) is 0 Å². The van der Waals surface area contributed by atoms with Crippen LogP contribution < -0.4 is 21.5 Å². The number of aliphatic carboxylic acids is 1. The molecule has 4 aliphatic rings. The summed E-state index contributed by atoms with van der Waals surface area (Å²) in [4.78, 5) is 70.4. The lowest BCUT2D eigenvalue weighted by Crippen LogP contribution is -2.66. The van der Waals surface area contributed by atoms with Crippen LogP contribution in [-0.2, 0) is 27.3 Å². The van der Waals surface area contributed by atoms with Crippen molar-refractivity contribution in [3.05, 3.63) is 89.5 Å². The molecule has 2 saturated heterocycles. The van der Waals surface area contributed by atoms with Gasteiger partial charge in [0.2, 0.25) is 11.3 Å². The van der Waals surface area contributed by atoms with Crippen LogP contribution in [0.5, 0.6) is 0 Å². The van der Waals surface area contributed by atoms with Crippen LogP contribution in [0.25, 0.3) is 10.9 Å². The molecule has 8 rings (SSSR count). The number of amides is 1. The molecule has 18 heteroatoms. The number of hydrogen-bond donors (Lipinski definition) is 2. The van der Waals surface area contributed by atoms with E-state index < -0.39 is 29.0 Å². The van der Waals surface area contributed by atoms with E-state index in [-0.39, 0.29) is 58.1 Å². The zero-order valence-corrected chi connectivity index (χ0v) is 31.0. The summed E-state index contributed by atoms with van der Waals surface area (Å²) in [6, 6.07) is 6.37. The van der Waals surface area contributed by atoms with Crippen molar-refractivity contribution >= 4 is 69.3 Å². The van der Waals surface area contributed by atoms with Crippen molar-refractivity contribution in [2.75, 3.05) is 50.0 Å². The first-order chi connectivity index (χ1) is 25.5. The number of nitrogens with one attached hydrogen (secondary N) is 1. The van der Waals surface area contributed by atoms with E-state index in [2.05, 4.69) is 10.2 Å². The number of aryl methyl sites for hydroxylation is 1. The Hall–Kier alpha value is -4.52. The van der Waals surface area contributed by atoms with E-state index in [1.165, 1.54) is 40.9 Å². The molecule has 7 heterocycles. The number of carbonyl (C=O) groups is 3. The predicted octanol–water partition coefficient (Wildman–Crippen LogP) is 3.61. The number of carboxylic acids is 1. The molecule has 278 valence electrons. The smallest absolute Gasteiger partial charge is 0.477 e. The number of hydrogen-bond acceptors (Lipinski definition) is 14. The normalized spacial score (nSPS) is 21.2. The molecule has 0 spiro atoms. The van der Waals surface area contributed by atoms with E-state index in [0.29, 0.717) is 72.6 Å². The number of thioether (sulfide) groups is 2. The average molecular weight is 784 g/mol. The van der Waals surface area contributed by atoms with E-state index in [1.807, 2.05) is 33.9 Å². The van der Waals surface area contributed by atoms with E-state index in [4.69, 9.17) is 13.6 Å². The Morgan fingerprint density at radius 2 is 1.92 bits per heavy atom. The summed E-state index contributed by atoms with van der Waals surface area (Å²) in [6.45, 7) is 6.07. The van der Waals surface area contributed by atoms with Crippen LogP contribution in [0.2, 0.25) is 0 Å². The number of esters is 1. The van der Waals surface area contributed by atoms with Gasteiger partial charge in [0.05, 0.1) is 46.0 Å². The minimum absolute atomic E-state index is 0.0233. The van der Waals surface area contributed by atoms with Crippen molar-refractivity contribution in [2.45, 2.75) is 48.6 Å². The third-order valence-corrected chi connectivity index (χ3v) is 13.4. The average Bonchev–Trinajstić information content (AvgIpc) is 3.73. The van der Waals surface area contributed by atoms with Gasteiger partial charge in [0.15, 0.2) is 5.76 Å². The SMILES string of the molecule is Cc1oc(=O)oc1CN1CCN(c2cc3c(cc2F)c(=O)c(C(=O)OCC2=C(C(=O)O)N4C[C@@H](NC(=O)Cc5cccs5)[C@H]4SC2)c2n3C(C)S2)CC1. The molecule has 1 aromatic carbocycles. The number of thiophene rings is 1. The second kappa shape index (κ2) is 14.0. The highest BCUT2D eigenvalue weighted by molar-refractivity contribution is 8.00. The maximum atomic E-state index is 15.8. The number of carboxylic acid groups (broad SMARTS) is 1. The fourth-order valence-electron chi connectivity index (χ4n) is 7.25. The first-order valence-corrected chi connectivity index (χ1v) is 19.7. The second-order valence-corrected chi connectivity index (χ2v) is 16.7. The molecule has 4 aliphatic heterocycles. The van der Waals surface area contributed by atoms with Gasteiger partial charge in [0.25, 0.3) is 0 Å². The lowest BCUT2D eigenvalue weighted by Gasteiger charge is -2.52. The van der Waals surface area contributed by atoms with E-state index in [0.717, 1.165) is 4.88 Å². The third-order valence-electron chi connectivity index (χ3n) is 9.93. The van der Waals surface area contributed by atoms with E-state index >= 15 is 4.39 Å². The summed E-state index contributed by atoms with van der Waals surface area (Å²) >= 11 is 4.27. The number of pyridine rings is 1. The number of aromatic nitrogens is 1. The number of rotatable bonds is 10. The largest absolute Gasteiger partial charge is 0.519 e. The van der Waals surface area contributed by atoms with Gasteiger partial charge in [-0.3, -0.25) is 14.5 Å². The van der Waals surface area contributed by atoms with Crippen LogP contribution in [-0.4, -0.2) is 93.8 Å². The summed E-state index contributed by atoms with van der Waals surface area (Å²) in [7, 11) is 0. The summed E-state index contributed by atoms with van der Waals surface area (Å²) in [5.74, 6) is -2.40. The van der Waals surface area contributed by atoms with Gasteiger partial charge in [-0.25, -0.2) is 18.8 Å². The molecule has 0 saturated carbocycles. The molecular formula is C35H34FN5O9S3. The van der Waals surface area contributed by atoms with Crippen LogP contribution in [0.4, 0.5) is 10.1 Å². The molecule has 3 aromatic heterocycles. The number of benzene rings is 1. The van der Waals surface area contributed by atoms with Gasteiger partial charge in [0, 0.05) is 54.3 Å². The predicted molar refractivity (Wildman–Crippen MR) is 196 cm³/mol. The minimum atomic E-state index is -1.17. The highest BCUT2D eigenvalue weighted by atomic mass is 32.2. The zero-order valence-electron chi connectivity index (χ0n) is 28.6. The standard InChI is InChI=1S/C35H34FN5O9S3/c1-17-26(50-35(47)49-17)14-38-5-7-39(8-6-38)25-12-24-21(11-22(25)36)30(43)28(32-41(24)18(2)53-32)34(46)48-15-19-16-52-31-23(13-40(31)29(19)33(44)45)37-27(42)10-20-4-3-9-51-20/h3-4,9,11-12,18,23,31H,5-8,10,13-16H2,1-2H3,(H,37,42)(H,44,45)/t18?,23-,31-/m1/s1. The summed E-state index contributed by atoms with van der Waals surface area (Å²) in [5, 5.41) is 15.1. The van der Waals surface area contributed by atoms with Crippen molar-refractivity contribution in [2.24, 2.45) is 0 Å². The minimum Gasteiger partial charge on any atom is -0.477 e. The molecule has 14 nitrogen and oxygen atoms in total. The highest BCUT2D eigenvalue weighted by Crippen LogP contribution is 2.47.